The Morgan fingerprint density at radius 1 is 0.600 bits per heavy atom. The van der Waals surface area contributed by atoms with Crippen molar-refractivity contribution in [2.45, 2.75) is 6.16 Å². The second-order valence-electron chi connectivity index (χ2n) is 6.98. The van der Waals surface area contributed by atoms with Crippen LogP contribution in [0.1, 0.15) is 5.56 Å². The summed E-state index contributed by atoms with van der Waals surface area (Å²) >= 11 is 0. The minimum absolute atomic E-state index is 0.0396. The fourth-order valence-electron chi connectivity index (χ4n) is 3.54. The highest BCUT2D eigenvalue weighted by Crippen LogP contribution is 2.68. The first-order chi connectivity index (χ1) is 14.6. The molecule has 1 N–H and O–H groups in total. The third kappa shape index (κ3) is 4.46. The van der Waals surface area contributed by atoms with Crippen molar-refractivity contribution < 1.29 is 13.8 Å². The molecule has 0 heterocycles. The van der Waals surface area contributed by atoms with Crippen molar-refractivity contribution in [2.24, 2.45) is 0 Å². The molecule has 4 rings (SSSR count). The van der Waals surface area contributed by atoms with E-state index in [1.807, 2.05) is 121 Å². The van der Waals surface area contributed by atoms with Gasteiger partial charge < -0.3 is 4.89 Å². The first kappa shape index (κ1) is 20.7. The summed E-state index contributed by atoms with van der Waals surface area (Å²) in [6.07, 6.45) is -0.0396. The molecule has 0 saturated heterocycles. The van der Waals surface area contributed by atoms with Gasteiger partial charge in [-0.05, 0) is 42.0 Å². The molecule has 4 aromatic rings. The number of hydrogen-bond donors (Lipinski definition) is 1. The van der Waals surface area contributed by atoms with Crippen LogP contribution in [0.25, 0.3) is 0 Å². The van der Waals surface area contributed by atoms with Gasteiger partial charge in [0.25, 0.3) is 7.49 Å². The zero-order valence-electron chi connectivity index (χ0n) is 16.4. The molecule has 30 heavy (non-hydrogen) atoms. The molecule has 0 fully saturated rings. The van der Waals surface area contributed by atoms with Crippen molar-refractivity contribution in [3.8, 4) is 0 Å². The van der Waals surface area contributed by atoms with Gasteiger partial charge in [-0.3, -0.25) is 4.57 Å². The summed E-state index contributed by atoms with van der Waals surface area (Å²) in [6.45, 7) is 0. The van der Waals surface area contributed by atoms with Crippen molar-refractivity contribution in [3.05, 3.63) is 127 Å². The molecule has 3 nitrogen and oxygen atoms in total. The molecule has 150 valence electrons. The van der Waals surface area contributed by atoms with Gasteiger partial charge in [0.05, 0.1) is 6.16 Å². The van der Waals surface area contributed by atoms with Crippen LogP contribution in [0.2, 0.25) is 0 Å². The van der Waals surface area contributed by atoms with Crippen LogP contribution in [0.3, 0.4) is 0 Å². The summed E-state index contributed by atoms with van der Waals surface area (Å²) in [5.41, 5.74) is 0.774. The van der Waals surface area contributed by atoms with Gasteiger partial charge in [0.2, 0.25) is 0 Å². The van der Waals surface area contributed by atoms with E-state index >= 15 is 0 Å². The van der Waals surface area contributed by atoms with Gasteiger partial charge >= 0.3 is 7.60 Å². The Morgan fingerprint density at radius 3 is 1.30 bits per heavy atom. The first-order valence-corrected chi connectivity index (χ1v) is 13.2. The van der Waals surface area contributed by atoms with Crippen molar-refractivity contribution in [3.63, 3.8) is 0 Å². The number of hydrogen-bond acceptors (Lipinski definition) is 2. The lowest BCUT2D eigenvalue weighted by atomic mass is 10.2. The van der Waals surface area contributed by atoms with E-state index in [4.69, 9.17) is 4.31 Å². The summed E-state index contributed by atoms with van der Waals surface area (Å²) < 4.78 is 19.9. The molecule has 1 unspecified atom stereocenters. The van der Waals surface area contributed by atoms with Gasteiger partial charge in [0, 0.05) is 0 Å². The molecule has 0 saturated carbocycles. The quantitative estimate of drug-likeness (QED) is 0.403. The molecule has 0 aromatic heterocycles. The Hall–Kier alpha value is -2.54. The van der Waals surface area contributed by atoms with E-state index in [9.17, 15) is 9.46 Å². The topological polar surface area (TPSA) is 46.5 Å². The van der Waals surface area contributed by atoms with Crippen LogP contribution in [0.15, 0.2) is 121 Å². The highest BCUT2D eigenvalue weighted by Gasteiger charge is 2.53. The summed E-state index contributed by atoms with van der Waals surface area (Å²) in [4.78, 5) is 11.0. The van der Waals surface area contributed by atoms with E-state index < -0.39 is 15.1 Å². The summed E-state index contributed by atoms with van der Waals surface area (Å²) in [5.74, 6) is 0. The Balaban J connectivity index is 1.90. The predicted molar refractivity (Wildman–Crippen MR) is 126 cm³/mol. The maximum absolute atomic E-state index is 13.5. The normalized spacial score (nSPS) is 13.5. The summed E-state index contributed by atoms with van der Waals surface area (Å²) in [5, 5.41) is 2.72. The molecule has 4 aromatic carbocycles. The van der Waals surface area contributed by atoms with Crippen LogP contribution in [0.5, 0.6) is 0 Å². The molecule has 0 aliphatic rings. The average Bonchev–Trinajstić information content (AvgIpc) is 2.80. The van der Waals surface area contributed by atoms with Gasteiger partial charge in [0.1, 0.15) is 15.9 Å². The molecule has 0 radical (unpaired) electrons. The standard InChI is InChI=1S/C25H22O3P2/c26-29(27,21-22-13-5-1-6-14-22)28-30(23-15-7-2-8-16-23,24-17-9-3-10-18-24)25-19-11-4-12-20-25/h1-20H,21H2/p+1. The Labute approximate surface area is 178 Å². The zero-order chi connectivity index (χ0) is 20.9. The molecule has 5 heteroatoms. The van der Waals surface area contributed by atoms with Crippen molar-refractivity contribution >= 4 is 31.0 Å². The van der Waals surface area contributed by atoms with Gasteiger partial charge in [0.15, 0.2) is 0 Å². The lowest BCUT2D eigenvalue weighted by molar-refractivity contribution is 0.393. The number of benzene rings is 4. The monoisotopic (exact) mass is 433 g/mol. The van der Waals surface area contributed by atoms with Crippen molar-refractivity contribution in [1.29, 1.82) is 0 Å². The molecular weight excluding hydrogens is 410 g/mol. The predicted octanol–water partition coefficient (Wildman–Crippen LogP) is 5.30. The smallest absolute Gasteiger partial charge is 0.322 e. The maximum Gasteiger partial charge on any atom is 0.368 e. The molecule has 0 spiro atoms. The number of rotatable bonds is 7. The highest BCUT2D eigenvalue weighted by atomic mass is 31.3. The summed E-state index contributed by atoms with van der Waals surface area (Å²) in [7, 11) is -6.81. The lowest BCUT2D eigenvalue weighted by Crippen LogP contribution is -2.32. The third-order valence-corrected chi connectivity index (χ3v) is 10.7. The maximum atomic E-state index is 13.5. The third-order valence-electron chi connectivity index (χ3n) is 4.83. The zero-order valence-corrected chi connectivity index (χ0v) is 18.2. The highest BCUT2D eigenvalue weighted by molar-refractivity contribution is 7.95. The van der Waals surface area contributed by atoms with Gasteiger partial charge in [-0.1, -0.05) is 84.9 Å². The van der Waals surface area contributed by atoms with Crippen LogP contribution in [-0.4, -0.2) is 4.89 Å². The van der Waals surface area contributed by atoms with E-state index in [0.717, 1.165) is 21.5 Å². The lowest BCUT2D eigenvalue weighted by Gasteiger charge is -2.27. The molecule has 1 atom stereocenters. The van der Waals surface area contributed by atoms with E-state index in [-0.39, 0.29) is 6.16 Å². The largest absolute Gasteiger partial charge is 0.368 e. The molecule has 0 aliphatic carbocycles. The SMILES string of the molecule is O=P(O)(Cc1ccccc1)O[P+](c1ccccc1)(c1ccccc1)c1ccccc1. The minimum Gasteiger partial charge on any atom is -0.322 e. The van der Waals surface area contributed by atoms with Gasteiger partial charge in [-0.15, -0.1) is 4.31 Å². The van der Waals surface area contributed by atoms with Crippen LogP contribution in [0, 0.1) is 0 Å². The van der Waals surface area contributed by atoms with E-state index in [2.05, 4.69) is 0 Å². The first-order valence-electron chi connectivity index (χ1n) is 9.73. The molecule has 0 aliphatic heterocycles. The van der Waals surface area contributed by atoms with Crippen LogP contribution in [-0.2, 0) is 15.0 Å². The molecular formula is C25H23O3P2+. The fourth-order valence-corrected chi connectivity index (χ4v) is 9.77. The van der Waals surface area contributed by atoms with Crippen molar-refractivity contribution in [1.82, 2.24) is 0 Å². The van der Waals surface area contributed by atoms with Crippen LogP contribution < -0.4 is 15.9 Å². The molecule has 0 amide bonds. The Morgan fingerprint density at radius 2 is 0.933 bits per heavy atom. The summed E-state index contributed by atoms with van der Waals surface area (Å²) in [6, 6.07) is 38.7. The second-order valence-corrected chi connectivity index (χ2v) is 12.0. The van der Waals surface area contributed by atoms with Crippen LogP contribution >= 0.6 is 15.1 Å². The molecule has 0 bridgehead atoms. The Kier molecular flexibility index (Phi) is 6.27. The second kappa shape index (κ2) is 9.08. The van der Waals surface area contributed by atoms with Gasteiger partial charge in [-0.25, -0.2) is 0 Å². The van der Waals surface area contributed by atoms with E-state index in [1.165, 1.54) is 0 Å². The Bertz CT molecular complexity index is 1020. The van der Waals surface area contributed by atoms with E-state index in [1.54, 1.807) is 0 Å². The van der Waals surface area contributed by atoms with Crippen molar-refractivity contribution in [2.75, 3.05) is 0 Å². The minimum atomic E-state index is -3.98. The average molecular weight is 433 g/mol. The van der Waals surface area contributed by atoms with Crippen LogP contribution in [0.4, 0.5) is 0 Å². The van der Waals surface area contributed by atoms with E-state index in [0.29, 0.717) is 0 Å². The fraction of sp³-hybridized carbons (Fsp3) is 0.0400. The van der Waals surface area contributed by atoms with Gasteiger partial charge in [-0.2, -0.15) is 0 Å².